The number of fused-ring (bicyclic) bond motifs is 1. The SMILES string of the molecule is CCNC(=NCC1CCN(S(=O)(=O)C(F)(F)F)CC1)NCC1Cc2ccccc2O1.I. The first-order valence-electron chi connectivity index (χ1n) is 10.0. The van der Waals surface area contributed by atoms with Crippen LogP contribution in [0.25, 0.3) is 0 Å². The molecule has 0 aromatic heterocycles. The van der Waals surface area contributed by atoms with Gasteiger partial charge in [0.15, 0.2) is 5.96 Å². The van der Waals surface area contributed by atoms with Gasteiger partial charge in [-0.3, -0.25) is 4.99 Å². The van der Waals surface area contributed by atoms with E-state index in [0.717, 1.165) is 12.2 Å². The van der Waals surface area contributed by atoms with E-state index < -0.39 is 15.5 Å². The van der Waals surface area contributed by atoms with Crippen LogP contribution in [-0.4, -0.2) is 63.0 Å². The number of nitrogens with one attached hydrogen (secondary N) is 2. The quantitative estimate of drug-likeness (QED) is 0.310. The highest BCUT2D eigenvalue weighted by Gasteiger charge is 2.50. The van der Waals surface area contributed by atoms with Gasteiger partial charge in [-0.2, -0.15) is 17.5 Å². The van der Waals surface area contributed by atoms with Gasteiger partial charge in [-0.05, 0) is 37.3 Å². The van der Waals surface area contributed by atoms with Crippen LogP contribution in [0.4, 0.5) is 13.2 Å². The van der Waals surface area contributed by atoms with Crippen LogP contribution in [0.1, 0.15) is 25.3 Å². The van der Waals surface area contributed by atoms with E-state index in [1.54, 1.807) is 0 Å². The van der Waals surface area contributed by atoms with Gasteiger partial charge in [0.25, 0.3) is 0 Å². The van der Waals surface area contributed by atoms with Crippen LogP contribution < -0.4 is 15.4 Å². The van der Waals surface area contributed by atoms with Crippen molar-refractivity contribution in [1.82, 2.24) is 14.9 Å². The normalized spacial score (nSPS) is 20.5. The molecular weight excluding hydrogens is 548 g/mol. The molecule has 7 nitrogen and oxygen atoms in total. The lowest BCUT2D eigenvalue weighted by Gasteiger charge is -2.31. The molecule has 12 heteroatoms. The first-order chi connectivity index (χ1) is 14.2. The van der Waals surface area contributed by atoms with Gasteiger partial charge in [-0.25, -0.2) is 8.42 Å². The van der Waals surface area contributed by atoms with E-state index in [9.17, 15) is 21.6 Å². The van der Waals surface area contributed by atoms with Gasteiger partial charge in [0.05, 0.1) is 6.54 Å². The number of halogens is 4. The summed E-state index contributed by atoms with van der Waals surface area (Å²) < 4.78 is 67.4. The van der Waals surface area contributed by atoms with Gasteiger partial charge in [0, 0.05) is 32.6 Å². The standard InChI is InChI=1S/C19H27F3N4O3S.HI/c1-2-23-18(25-13-16-11-15-5-3-4-6-17(15)29-16)24-12-14-7-9-26(10-8-14)30(27,28)19(20,21)22;/h3-6,14,16H,2,7-13H2,1H3,(H2,23,24,25);1H. The third-order valence-corrected chi connectivity index (χ3v) is 6.90. The zero-order chi connectivity index (χ0) is 21.8. The number of aliphatic imine (C=N–C) groups is 1. The predicted molar refractivity (Wildman–Crippen MR) is 123 cm³/mol. The van der Waals surface area contributed by atoms with Gasteiger partial charge in [-0.15, -0.1) is 24.0 Å². The van der Waals surface area contributed by atoms with Crippen molar-refractivity contribution in [3.63, 3.8) is 0 Å². The Hall–Kier alpha value is -1.28. The van der Waals surface area contributed by atoms with Crippen molar-refractivity contribution in [3.8, 4) is 5.75 Å². The Bertz CT molecular complexity index is 834. The average Bonchev–Trinajstić information content (AvgIpc) is 3.12. The zero-order valence-corrected chi connectivity index (χ0v) is 20.3. The number of guanidine groups is 1. The molecule has 176 valence electrons. The number of nitrogens with zero attached hydrogens (tertiary/aromatic N) is 2. The largest absolute Gasteiger partial charge is 0.511 e. The van der Waals surface area contributed by atoms with Gasteiger partial charge >= 0.3 is 15.5 Å². The topological polar surface area (TPSA) is 83.0 Å². The fourth-order valence-electron chi connectivity index (χ4n) is 3.62. The monoisotopic (exact) mass is 576 g/mol. The molecule has 31 heavy (non-hydrogen) atoms. The van der Waals surface area contributed by atoms with Crippen molar-refractivity contribution in [2.75, 3.05) is 32.7 Å². The molecule has 0 aliphatic carbocycles. The number of ether oxygens (including phenoxy) is 1. The molecule has 0 amide bonds. The third kappa shape index (κ3) is 6.60. The van der Waals surface area contributed by atoms with Crippen LogP contribution in [0.3, 0.4) is 0 Å². The van der Waals surface area contributed by atoms with Crippen LogP contribution >= 0.6 is 24.0 Å². The van der Waals surface area contributed by atoms with E-state index in [2.05, 4.69) is 15.6 Å². The minimum atomic E-state index is -5.25. The van der Waals surface area contributed by atoms with Gasteiger partial charge in [-0.1, -0.05) is 18.2 Å². The Morgan fingerprint density at radius 1 is 1.23 bits per heavy atom. The maximum absolute atomic E-state index is 12.7. The van der Waals surface area contributed by atoms with E-state index in [0.29, 0.717) is 42.7 Å². The Morgan fingerprint density at radius 2 is 1.90 bits per heavy atom. The van der Waals surface area contributed by atoms with Crippen LogP contribution in [0, 0.1) is 5.92 Å². The zero-order valence-electron chi connectivity index (χ0n) is 17.2. The molecule has 2 aliphatic heterocycles. The molecule has 1 fully saturated rings. The highest BCUT2D eigenvalue weighted by Crippen LogP contribution is 2.30. The summed E-state index contributed by atoms with van der Waals surface area (Å²) in [6, 6.07) is 7.90. The molecule has 1 aromatic carbocycles. The predicted octanol–water partition coefficient (Wildman–Crippen LogP) is 2.72. The number of hydrogen-bond donors (Lipinski definition) is 2. The number of benzene rings is 1. The molecule has 2 N–H and O–H groups in total. The van der Waals surface area contributed by atoms with Crippen molar-refractivity contribution in [3.05, 3.63) is 29.8 Å². The summed E-state index contributed by atoms with van der Waals surface area (Å²) in [5.74, 6) is 1.54. The molecule has 1 aromatic rings. The second-order valence-corrected chi connectivity index (χ2v) is 9.37. The number of piperidine rings is 1. The Balaban J connectivity index is 0.00000341. The summed E-state index contributed by atoms with van der Waals surface area (Å²) in [7, 11) is -5.24. The molecule has 1 unspecified atom stereocenters. The number of para-hydroxylation sites is 1. The average molecular weight is 576 g/mol. The molecule has 1 atom stereocenters. The van der Waals surface area contributed by atoms with E-state index >= 15 is 0 Å². The number of sulfonamides is 1. The molecule has 2 aliphatic rings. The number of alkyl halides is 3. The molecule has 3 rings (SSSR count). The van der Waals surface area contributed by atoms with Crippen LogP contribution in [0.15, 0.2) is 29.3 Å². The Kier molecular flexibility index (Phi) is 9.25. The highest BCUT2D eigenvalue weighted by atomic mass is 127. The summed E-state index contributed by atoms with van der Waals surface area (Å²) in [4.78, 5) is 4.53. The molecular formula is C19H28F3IN4O3S. The maximum Gasteiger partial charge on any atom is 0.511 e. The second kappa shape index (κ2) is 11.0. The summed E-state index contributed by atoms with van der Waals surface area (Å²) in [6.07, 6.45) is 1.51. The van der Waals surface area contributed by atoms with Gasteiger partial charge < -0.3 is 15.4 Å². The van der Waals surface area contributed by atoms with Crippen molar-refractivity contribution < 1.29 is 26.3 Å². The lowest BCUT2D eigenvalue weighted by atomic mass is 9.98. The van der Waals surface area contributed by atoms with E-state index in [4.69, 9.17) is 4.74 Å². The van der Waals surface area contributed by atoms with Crippen molar-refractivity contribution >= 4 is 40.0 Å². The maximum atomic E-state index is 12.7. The highest BCUT2D eigenvalue weighted by molar-refractivity contribution is 14.0. The van der Waals surface area contributed by atoms with Crippen LogP contribution in [-0.2, 0) is 16.4 Å². The first kappa shape index (κ1) is 26.0. The van der Waals surface area contributed by atoms with E-state index in [1.165, 1.54) is 5.56 Å². The number of rotatable bonds is 6. The smallest absolute Gasteiger partial charge is 0.488 e. The lowest BCUT2D eigenvalue weighted by molar-refractivity contribution is -0.0496. The van der Waals surface area contributed by atoms with E-state index in [1.807, 2.05) is 31.2 Å². The Morgan fingerprint density at radius 3 is 2.52 bits per heavy atom. The van der Waals surface area contributed by atoms with Crippen molar-refractivity contribution in [2.45, 2.75) is 37.8 Å². The lowest BCUT2D eigenvalue weighted by Crippen LogP contribution is -2.45. The minimum absolute atomic E-state index is 0. The molecule has 1 saturated heterocycles. The number of hydrogen-bond acceptors (Lipinski definition) is 4. The molecule has 0 radical (unpaired) electrons. The fourth-order valence-corrected chi connectivity index (χ4v) is 4.60. The summed E-state index contributed by atoms with van der Waals surface area (Å²) in [5, 5.41) is 6.40. The molecule has 0 saturated carbocycles. The molecule has 2 heterocycles. The molecule has 0 spiro atoms. The minimum Gasteiger partial charge on any atom is -0.488 e. The summed E-state index contributed by atoms with van der Waals surface area (Å²) in [6.45, 7) is 3.32. The van der Waals surface area contributed by atoms with Gasteiger partial charge in [0.2, 0.25) is 0 Å². The van der Waals surface area contributed by atoms with Crippen LogP contribution in [0.5, 0.6) is 5.75 Å². The fraction of sp³-hybridized carbons (Fsp3) is 0.632. The van der Waals surface area contributed by atoms with Crippen molar-refractivity contribution in [1.29, 1.82) is 0 Å². The second-order valence-electron chi connectivity index (χ2n) is 7.45. The summed E-state index contributed by atoms with van der Waals surface area (Å²) in [5.41, 5.74) is -4.07. The van der Waals surface area contributed by atoms with E-state index in [-0.39, 0.29) is 49.1 Å². The Labute approximate surface area is 197 Å². The molecule has 0 bridgehead atoms. The van der Waals surface area contributed by atoms with Crippen molar-refractivity contribution in [2.24, 2.45) is 10.9 Å². The van der Waals surface area contributed by atoms with Crippen LogP contribution in [0.2, 0.25) is 0 Å². The summed E-state index contributed by atoms with van der Waals surface area (Å²) >= 11 is 0. The third-order valence-electron chi connectivity index (χ3n) is 5.27. The first-order valence-corrected chi connectivity index (χ1v) is 11.5. The van der Waals surface area contributed by atoms with Gasteiger partial charge in [0.1, 0.15) is 11.9 Å².